The minimum Gasteiger partial charge on any atom is -0.497 e. The summed E-state index contributed by atoms with van der Waals surface area (Å²) in [4.78, 5) is 24.3. The molecule has 0 saturated carbocycles. The van der Waals surface area contributed by atoms with Gasteiger partial charge in [-0.05, 0) is 85.8 Å². The molecule has 5 rings (SSSR count). The third-order valence-electron chi connectivity index (χ3n) is 5.51. The van der Waals surface area contributed by atoms with Crippen molar-refractivity contribution >= 4 is 63.3 Å². The number of ether oxygens (including phenoxy) is 1. The van der Waals surface area contributed by atoms with E-state index in [1.54, 1.807) is 23.8 Å². The summed E-state index contributed by atoms with van der Waals surface area (Å²) >= 11 is 9.28. The zero-order valence-electron chi connectivity index (χ0n) is 18.9. The molecule has 172 valence electrons. The average Bonchev–Trinajstić information content (AvgIpc) is 3.35. The van der Waals surface area contributed by atoms with Gasteiger partial charge in [-0.15, -0.1) is 0 Å². The summed E-state index contributed by atoms with van der Waals surface area (Å²) in [7, 11) is 1.63. The molecule has 8 heteroatoms. The number of halogens is 1. The van der Waals surface area contributed by atoms with Gasteiger partial charge in [0.2, 0.25) is 0 Å². The van der Waals surface area contributed by atoms with Crippen molar-refractivity contribution < 1.29 is 9.53 Å². The number of aliphatic imine (C=N–C) groups is 1. The second kappa shape index (κ2) is 9.41. The van der Waals surface area contributed by atoms with Crippen LogP contribution in [0.25, 0.3) is 0 Å². The molecule has 0 aliphatic carbocycles. The van der Waals surface area contributed by atoms with E-state index in [0.29, 0.717) is 15.1 Å². The number of benzene rings is 3. The number of anilines is 2. The zero-order valence-corrected chi connectivity index (χ0v) is 21.3. The minimum absolute atomic E-state index is 0.0808. The number of aryl methyl sites for hydroxylation is 1. The first-order valence-electron chi connectivity index (χ1n) is 10.8. The van der Waals surface area contributed by atoms with Crippen LogP contribution in [-0.4, -0.2) is 24.7 Å². The number of thioether (sulfide) groups is 2. The molecular formula is C26H22ClN3O2S2. The van der Waals surface area contributed by atoms with E-state index in [9.17, 15) is 4.79 Å². The maximum atomic E-state index is 13.9. The Morgan fingerprint density at radius 2 is 1.82 bits per heavy atom. The molecule has 0 atom stereocenters. The molecule has 0 N–H and O–H groups in total. The van der Waals surface area contributed by atoms with Crippen molar-refractivity contribution in [2.45, 2.75) is 18.7 Å². The van der Waals surface area contributed by atoms with Crippen molar-refractivity contribution in [3.63, 3.8) is 0 Å². The second-order valence-electron chi connectivity index (χ2n) is 7.77. The largest absolute Gasteiger partial charge is 0.497 e. The lowest BCUT2D eigenvalue weighted by atomic mass is 10.2. The number of amides is 1. The van der Waals surface area contributed by atoms with Gasteiger partial charge in [0, 0.05) is 16.5 Å². The first kappa shape index (κ1) is 22.9. The fraction of sp³-hybridized carbons (Fsp3) is 0.154. The Kier molecular flexibility index (Phi) is 6.34. The van der Waals surface area contributed by atoms with E-state index in [4.69, 9.17) is 21.3 Å². The van der Waals surface area contributed by atoms with Gasteiger partial charge in [0.1, 0.15) is 15.7 Å². The molecule has 1 fully saturated rings. The highest BCUT2D eigenvalue weighted by Crippen LogP contribution is 2.51. The predicted molar refractivity (Wildman–Crippen MR) is 144 cm³/mol. The predicted octanol–water partition coefficient (Wildman–Crippen LogP) is 7.23. The van der Waals surface area contributed by atoms with Gasteiger partial charge < -0.3 is 9.64 Å². The first-order chi connectivity index (χ1) is 16.5. The Morgan fingerprint density at radius 3 is 2.53 bits per heavy atom. The van der Waals surface area contributed by atoms with Crippen LogP contribution in [0.3, 0.4) is 0 Å². The summed E-state index contributed by atoms with van der Waals surface area (Å²) in [5.41, 5.74) is 3.65. The molecule has 0 spiro atoms. The lowest BCUT2D eigenvalue weighted by Gasteiger charge is -2.19. The molecule has 0 unspecified atom stereocenters. The average molecular weight is 508 g/mol. The van der Waals surface area contributed by atoms with Gasteiger partial charge >= 0.3 is 0 Å². The molecule has 3 aromatic rings. The molecule has 5 nitrogen and oxygen atoms in total. The lowest BCUT2D eigenvalue weighted by Crippen LogP contribution is -2.29. The van der Waals surface area contributed by atoms with Crippen LogP contribution >= 0.6 is 35.1 Å². The monoisotopic (exact) mass is 507 g/mol. The molecule has 0 aromatic heterocycles. The summed E-state index contributed by atoms with van der Waals surface area (Å²) < 4.78 is 5.26. The summed E-state index contributed by atoms with van der Waals surface area (Å²) in [6, 6.07) is 21.3. The molecule has 2 aliphatic rings. The number of carbonyl (C=O) groups excluding carboxylic acids is 1. The van der Waals surface area contributed by atoms with Gasteiger partial charge in [0.15, 0.2) is 5.17 Å². The summed E-state index contributed by atoms with van der Waals surface area (Å²) in [5, 5.41) is 2.21. The molecule has 0 radical (unpaired) electrons. The minimum atomic E-state index is -0.0808. The maximum absolute atomic E-state index is 13.9. The number of hydrogen-bond acceptors (Lipinski definition) is 6. The topological polar surface area (TPSA) is 45.1 Å². The van der Waals surface area contributed by atoms with Crippen LogP contribution in [0.4, 0.5) is 17.1 Å². The van der Waals surface area contributed by atoms with E-state index < -0.39 is 0 Å². The summed E-state index contributed by atoms with van der Waals surface area (Å²) in [6.07, 6.45) is 0. The van der Waals surface area contributed by atoms with Gasteiger partial charge in [0.25, 0.3) is 5.91 Å². The number of methoxy groups -OCH3 is 1. The van der Waals surface area contributed by atoms with Crippen LogP contribution in [0, 0.1) is 6.92 Å². The second-order valence-corrected chi connectivity index (χ2v) is 10.2. The molecular weight excluding hydrogens is 486 g/mol. The standard InChI is InChI=1S/C26H22ClN3O2S2/c1-4-29-21-15-17(27)8-13-22(21)33-25(29)23-24(31)30(19-7-5-6-16(2)14-19)26(34-23)28-18-9-11-20(32-3)12-10-18/h5-15H,4H2,1-3H3/b25-23-,28-26?. The Bertz CT molecular complexity index is 1340. The van der Waals surface area contributed by atoms with Crippen LogP contribution < -0.4 is 14.5 Å². The van der Waals surface area contributed by atoms with Crippen molar-refractivity contribution in [3.05, 3.63) is 87.3 Å². The molecule has 2 heterocycles. The Balaban J connectivity index is 1.62. The maximum Gasteiger partial charge on any atom is 0.274 e. The van der Waals surface area contributed by atoms with Crippen LogP contribution in [0.2, 0.25) is 5.02 Å². The fourth-order valence-electron chi connectivity index (χ4n) is 3.88. The van der Waals surface area contributed by atoms with Crippen LogP contribution in [0.5, 0.6) is 5.75 Å². The van der Waals surface area contributed by atoms with Crippen molar-refractivity contribution in [1.82, 2.24) is 0 Å². The van der Waals surface area contributed by atoms with Crippen LogP contribution in [0.1, 0.15) is 12.5 Å². The number of amidine groups is 1. The molecule has 2 aliphatic heterocycles. The highest BCUT2D eigenvalue weighted by molar-refractivity contribution is 8.20. The van der Waals surface area contributed by atoms with E-state index >= 15 is 0 Å². The highest BCUT2D eigenvalue weighted by atomic mass is 35.5. The van der Waals surface area contributed by atoms with E-state index in [-0.39, 0.29) is 5.91 Å². The van der Waals surface area contributed by atoms with Gasteiger partial charge in [0.05, 0.1) is 24.2 Å². The number of nitrogens with zero attached hydrogens (tertiary/aromatic N) is 3. The molecule has 1 amide bonds. The van der Waals surface area contributed by atoms with Crippen molar-refractivity contribution in [2.75, 3.05) is 23.5 Å². The number of rotatable bonds is 4. The van der Waals surface area contributed by atoms with Crippen molar-refractivity contribution in [1.29, 1.82) is 0 Å². The SMILES string of the molecule is CCN1/C(=C2/SC(=Nc3ccc(OC)cc3)N(c3cccc(C)c3)C2=O)Sc2ccc(Cl)cc21. The number of hydrogen-bond donors (Lipinski definition) is 0. The fourth-order valence-corrected chi connectivity index (χ4v) is 6.42. The first-order valence-corrected chi connectivity index (χ1v) is 12.8. The summed E-state index contributed by atoms with van der Waals surface area (Å²) in [5.74, 6) is 0.678. The lowest BCUT2D eigenvalue weighted by molar-refractivity contribution is -0.113. The zero-order chi connectivity index (χ0) is 23.8. The quantitative estimate of drug-likeness (QED) is 0.349. The number of fused-ring (bicyclic) bond motifs is 1. The third-order valence-corrected chi connectivity index (χ3v) is 8.09. The van der Waals surface area contributed by atoms with E-state index in [0.717, 1.165) is 44.8 Å². The van der Waals surface area contributed by atoms with E-state index in [2.05, 4.69) is 11.8 Å². The summed E-state index contributed by atoms with van der Waals surface area (Å²) in [6.45, 7) is 4.82. The number of carbonyl (C=O) groups is 1. The van der Waals surface area contributed by atoms with E-state index in [1.165, 1.54) is 11.8 Å². The normalized spacial score (nSPS) is 18.7. The van der Waals surface area contributed by atoms with Gasteiger partial charge in [-0.25, -0.2) is 4.99 Å². The van der Waals surface area contributed by atoms with Crippen LogP contribution in [0.15, 0.2) is 86.6 Å². The molecule has 3 aromatic carbocycles. The van der Waals surface area contributed by atoms with Gasteiger partial charge in [-0.1, -0.05) is 35.5 Å². The third kappa shape index (κ3) is 4.19. The molecule has 34 heavy (non-hydrogen) atoms. The molecule has 1 saturated heterocycles. The highest BCUT2D eigenvalue weighted by Gasteiger charge is 2.40. The Hall–Kier alpha value is -2.87. The smallest absolute Gasteiger partial charge is 0.274 e. The molecule has 0 bridgehead atoms. The van der Waals surface area contributed by atoms with E-state index in [1.807, 2.05) is 73.7 Å². The van der Waals surface area contributed by atoms with Gasteiger partial charge in [-0.2, -0.15) is 0 Å². The van der Waals surface area contributed by atoms with Crippen molar-refractivity contribution in [2.24, 2.45) is 4.99 Å². The van der Waals surface area contributed by atoms with Crippen LogP contribution in [-0.2, 0) is 4.79 Å². The van der Waals surface area contributed by atoms with Crippen molar-refractivity contribution in [3.8, 4) is 5.75 Å². The Labute approximate surface area is 212 Å². The Morgan fingerprint density at radius 1 is 1.03 bits per heavy atom. The van der Waals surface area contributed by atoms with Gasteiger partial charge in [-0.3, -0.25) is 9.69 Å².